The smallest absolute Gasteiger partial charge is 0.0583 e. The van der Waals surface area contributed by atoms with E-state index in [1.165, 1.54) is 32.1 Å². The van der Waals surface area contributed by atoms with Crippen molar-refractivity contribution in [2.45, 2.75) is 57.2 Å². The zero-order valence-electron chi connectivity index (χ0n) is 11.8. The molecule has 0 amide bonds. The van der Waals surface area contributed by atoms with Gasteiger partial charge in [-0.2, -0.15) is 0 Å². The first-order chi connectivity index (χ1) is 9.74. The van der Waals surface area contributed by atoms with E-state index in [1.54, 1.807) is 0 Å². The van der Waals surface area contributed by atoms with Gasteiger partial charge in [-0.25, -0.2) is 0 Å². The van der Waals surface area contributed by atoms with Gasteiger partial charge in [0.05, 0.1) is 11.8 Å². The van der Waals surface area contributed by atoms with Gasteiger partial charge in [-0.15, -0.1) is 0 Å². The fourth-order valence-corrected chi connectivity index (χ4v) is 4.06. The third-order valence-electron chi connectivity index (χ3n) is 4.84. The van der Waals surface area contributed by atoms with E-state index in [2.05, 4.69) is 37.9 Å². The van der Waals surface area contributed by atoms with Crippen LogP contribution in [0.25, 0.3) is 0 Å². The summed E-state index contributed by atoms with van der Waals surface area (Å²) in [5.41, 5.74) is 1.13. The Labute approximate surface area is 129 Å². The average molecular weight is 339 g/mol. The Morgan fingerprint density at radius 1 is 1.20 bits per heavy atom. The molecule has 1 saturated heterocycles. The summed E-state index contributed by atoms with van der Waals surface area (Å²) < 4.78 is 1.03. The highest BCUT2D eigenvalue weighted by Gasteiger charge is 2.36. The Kier molecular flexibility index (Phi) is 4.74. The van der Waals surface area contributed by atoms with Crippen LogP contribution in [0, 0.1) is 5.92 Å². The Bertz CT molecular complexity index is 437. The van der Waals surface area contributed by atoms with Crippen LogP contribution in [0.4, 0.5) is 0 Å². The van der Waals surface area contributed by atoms with Crippen molar-refractivity contribution in [1.82, 2.24) is 9.88 Å². The number of rotatable bonds is 3. The lowest BCUT2D eigenvalue weighted by molar-refractivity contribution is 0.0307. The minimum absolute atomic E-state index is 0.0847. The highest BCUT2D eigenvalue weighted by atomic mass is 79.9. The Balaban J connectivity index is 1.70. The number of piperidine rings is 1. The van der Waals surface area contributed by atoms with Gasteiger partial charge in [0.25, 0.3) is 0 Å². The maximum absolute atomic E-state index is 10.2. The molecule has 0 spiro atoms. The number of likely N-dealkylation sites (tertiary alicyclic amines) is 1. The molecule has 1 saturated carbocycles. The van der Waals surface area contributed by atoms with E-state index in [9.17, 15) is 5.11 Å². The zero-order valence-corrected chi connectivity index (χ0v) is 13.4. The van der Waals surface area contributed by atoms with Gasteiger partial charge in [0, 0.05) is 29.2 Å². The quantitative estimate of drug-likeness (QED) is 0.917. The van der Waals surface area contributed by atoms with Gasteiger partial charge in [0.1, 0.15) is 0 Å². The van der Waals surface area contributed by atoms with Crippen LogP contribution in [-0.4, -0.2) is 33.7 Å². The number of pyridine rings is 1. The van der Waals surface area contributed by atoms with Crippen LogP contribution in [0.15, 0.2) is 22.8 Å². The van der Waals surface area contributed by atoms with Crippen LogP contribution in [0.1, 0.15) is 44.2 Å². The van der Waals surface area contributed by atoms with Crippen molar-refractivity contribution >= 4 is 15.9 Å². The summed E-state index contributed by atoms with van der Waals surface area (Å²) in [4.78, 5) is 7.06. The Morgan fingerprint density at radius 2 is 2.10 bits per heavy atom. The van der Waals surface area contributed by atoms with Crippen LogP contribution in [0.3, 0.4) is 0 Å². The molecule has 3 nitrogen and oxygen atoms in total. The molecule has 1 aromatic rings. The lowest BCUT2D eigenvalue weighted by atomic mass is 9.87. The first-order valence-corrected chi connectivity index (χ1v) is 8.56. The fourth-order valence-electron chi connectivity index (χ4n) is 3.82. The molecule has 2 fully saturated rings. The van der Waals surface area contributed by atoms with Crippen molar-refractivity contribution in [3.63, 3.8) is 0 Å². The highest BCUT2D eigenvalue weighted by Crippen LogP contribution is 2.35. The van der Waals surface area contributed by atoms with Crippen molar-refractivity contribution in [2.24, 2.45) is 5.92 Å². The molecule has 0 aromatic carbocycles. The monoisotopic (exact) mass is 338 g/mol. The van der Waals surface area contributed by atoms with Gasteiger partial charge < -0.3 is 5.11 Å². The molecular formula is C16H23BrN2O. The average Bonchev–Trinajstić information content (AvgIpc) is 2.88. The second-order valence-corrected chi connectivity index (χ2v) is 7.08. The summed E-state index contributed by atoms with van der Waals surface area (Å²) in [6.07, 6.45) is 8.97. The van der Waals surface area contributed by atoms with Gasteiger partial charge in [0.2, 0.25) is 0 Å². The molecule has 3 unspecified atom stereocenters. The van der Waals surface area contributed by atoms with E-state index in [0.717, 1.165) is 29.7 Å². The van der Waals surface area contributed by atoms with E-state index in [-0.39, 0.29) is 6.10 Å². The fraction of sp³-hybridized carbons (Fsp3) is 0.688. The van der Waals surface area contributed by atoms with E-state index >= 15 is 0 Å². The van der Waals surface area contributed by atoms with E-state index in [0.29, 0.717) is 12.0 Å². The van der Waals surface area contributed by atoms with Gasteiger partial charge in [-0.05, 0) is 60.3 Å². The number of aliphatic hydroxyl groups is 1. The first kappa shape index (κ1) is 14.5. The van der Waals surface area contributed by atoms with Crippen molar-refractivity contribution < 1.29 is 5.11 Å². The van der Waals surface area contributed by atoms with Crippen LogP contribution < -0.4 is 0 Å². The van der Waals surface area contributed by atoms with Gasteiger partial charge >= 0.3 is 0 Å². The van der Waals surface area contributed by atoms with Crippen LogP contribution in [-0.2, 0) is 6.54 Å². The molecule has 2 heterocycles. The van der Waals surface area contributed by atoms with Crippen molar-refractivity contribution in [3.8, 4) is 0 Å². The molecule has 0 radical (unpaired) electrons. The van der Waals surface area contributed by atoms with E-state index in [4.69, 9.17) is 0 Å². The van der Waals surface area contributed by atoms with Gasteiger partial charge in [-0.3, -0.25) is 9.88 Å². The molecule has 0 bridgehead atoms. The molecule has 3 atom stereocenters. The number of halogens is 1. The summed E-state index contributed by atoms with van der Waals surface area (Å²) in [6, 6.07) is 4.71. The maximum Gasteiger partial charge on any atom is 0.0583 e. The van der Waals surface area contributed by atoms with Crippen molar-refractivity contribution in [3.05, 3.63) is 28.5 Å². The lowest BCUT2D eigenvalue weighted by Gasteiger charge is -2.40. The third-order valence-corrected chi connectivity index (χ3v) is 5.31. The third kappa shape index (κ3) is 3.23. The van der Waals surface area contributed by atoms with Gasteiger partial charge in [0.15, 0.2) is 0 Å². The lowest BCUT2D eigenvalue weighted by Crippen LogP contribution is -2.45. The minimum Gasteiger partial charge on any atom is -0.393 e. The number of aliphatic hydroxyl groups excluding tert-OH is 1. The van der Waals surface area contributed by atoms with Crippen LogP contribution in [0.2, 0.25) is 0 Å². The molecule has 4 heteroatoms. The summed E-state index contributed by atoms with van der Waals surface area (Å²) >= 11 is 3.44. The molecule has 1 aliphatic carbocycles. The zero-order chi connectivity index (χ0) is 13.9. The normalized spacial score (nSPS) is 31.6. The second kappa shape index (κ2) is 6.54. The predicted octanol–water partition coefficient (Wildman–Crippen LogP) is 3.36. The van der Waals surface area contributed by atoms with Crippen LogP contribution in [0.5, 0.6) is 0 Å². The van der Waals surface area contributed by atoms with E-state index in [1.807, 2.05) is 6.20 Å². The summed E-state index contributed by atoms with van der Waals surface area (Å²) in [7, 11) is 0. The summed E-state index contributed by atoms with van der Waals surface area (Å²) in [5, 5.41) is 10.2. The minimum atomic E-state index is -0.0847. The second-order valence-electron chi connectivity index (χ2n) is 6.16. The molecule has 20 heavy (non-hydrogen) atoms. The molecule has 1 aromatic heterocycles. The molecule has 3 rings (SSSR count). The van der Waals surface area contributed by atoms with Crippen molar-refractivity contribution in [2.75, 3.05) is 6.54 Å². The molecule has 1 aliphatic heterocycles. The molecule has 110 valence electrons. The number of hydrogen-bond acceptors (Lipinski definition) is 3. The van der Waals surface area contributed by atoms with Gasteiger partial charge in [-0.1, -0.05) is 12.8 Å². The first-order valence-electron chi connectivity index (χ1n) is 7.76. The SMILES string of the molecule is OC1CCCC1C1CCCCN1Cc1ccc(Br)cn1. The number of hydrogen-bond donors (Lipinski definition) is 1. The Hall–Kier alpha value is -0.450. The number of nitrogens with zero attached hydrogens (tertiary/aromatic N) is 2. The maximum atomic E-state index is 10.2. The number of aromatic nitrogens is 1. The molecular weight excluding hydrogens is 316 g/mol. The Morgan fingerprint density at radius 3 is 2.80 bits per heavy atom. The summed E-state index contributed by atoms with van der Waals surface area (Å²) in [5.74, 6) is 0.478. The van der Waals surface area contributed by atoms with Crippen LogP contribution >= 0.6 is 15.9 Å². The molecule has 2 aliphatic rings. The topological polar surface area (TPSA) is 36.4 Å². The van der Waals surface area contributed by atoms with Crippen molar-refractivity contribution in [1.29, 1.82) is 0 Å². The largest absolute Gasteiger partial charge is 0.393 e. The highest BCUT2D eigenvalue weighted by molar-refractivity contribution is 9.10. The predicted molar refractivity (Wildman–Crippen MR) is 83.3 cm³/mol. The molecule has 1 N–H and O–H groups in total. The standard InChI is InChI=1S/C16H23BrN2O/c17-12-7-8-13(18-10-12)11-19-9-2-1-5-15(19)14-4-3-6-16(14)20/h7-8,10,14-16,20H,1-6,9,11H2. The summed E-state index contributed by atoms with van der Waals surface area (Å²) in [6.45, 7) is 2.06. The van der Waals surface area contributed by atoms with E-state index < -0.39 is 0 Å².